The van der Waals surface area contributed by atoms with E-state index in [1.54, 1.807) is 0 Å². The molecule has 1 N–H and O–H groups in total. The molecule has 0 radical (unpaired) electrons. The third-order valence-corrected chi connectivity index (χ3v) is 4.29. The summed E-state index contributed by atoms with van der Waals surface area (Å²) in [6, 6.07) is 9.89. The van der Waals surface area contributed by atoms with Crippen LogP contribution in [0.1, 0.15) is 36.3 Å². The monoisotopic (exact) mass is 226 g/mol. The van der Waals surface area contributed by atoms with Crippen molar-refractivity contribution in [3.63, 3.8) is 0 Å². The number of carbonyl (C=O) groups excluding carboxylic acids is 1. The van der Waals surface area contributed by atoms with E-state index in [0.717, 1.165) is 24.8 Å². The van der Waals surface area contributed by atoms with Gasteiger partial charge in [-0.05, 0) is 24.5 Å². The zero-order valence-electron chi connectivity index (χ0n) is 9.57. The maximum absolute atomic E-state index is 12.0. The largest absolute Gasteiger partial charge is 0.355 e. The van der Waals surface area contributed by atoms with E-state index in [1.165, 1.54) is 0 Å². The third kappa shape index (κ3) is 1.30. The first-order chi connectivity index (χ1) is 8.28. The van der Waals surface area contributed by atoms with Crippen molar-refractivity contribution in [1.82, 2.24) is 5.32 Å². The summed E-state index contributed by atoms with van der Waals surface area (Å²) >= 11 is 0. The Morgan fingerprint density at radius 2 is 2.12 bits per heavy atom. The number of benzene rings is 1. The molecule has 0 bridgehead atoms. The van der Waals surface area contributed by atoms with Crippen molar-refractivity contribution in [2.75, 3.05) is 6.54 Å². The summed E-state index contributed by atoms with van der Waals surface area (Å²) in [6.45, 7) is 0.678. The minimum absolute atomic E-state index is 0.180. The number of nitrogens with one attached hydrogen (secondary N) is 1. The van der Waals surface area contributed by atoms with Crippen molar-refractivity contribution in [2.45, 2.75) is 25.2 Å². The first-order valence-electron chi connectivity index (χ1n) is 6.05. The van der Waals surface area contributed by atoms with Gasteiger partial charge in [0.2, 0.25) is 5.91 Å². The summed E-state index contributed by atoms with van der Waals surface area (Å²) in [4.78, 5) is 12.0. The number of hydrogen-bond donors (Lipinski definition) is 1. The van der Waals surface area contributed by atoms with Crippen LogP contribution in [0.5, 0.6) is 0 Å². The number of carbonyl (C=O) groups is 1. The molecule has 1 aliphatic heterocycles. The molecule has 1 saturated heterocycles. The van der Waals surface area contributed by atoms with Gasteiger partial charge >= 0.3 is 0 Å². The maximum atomic E-state index is 12.0. The van der Waals surface area contributed by atoms with Gasteiger partial charge in [-0.25, -0.2) is 0 Å². The molecular weight excluding hydrogens is 212 g/mol. The Morgan fingerprint density at radius 1 is 1.35 bits per heavy atom. The van der Waals surface area contributed by atoms with Crippen LogP contribution in [0.4, 0.5) is 0 Å². The highest BCUT2D eigenvalue weighted by atomic mass is 16.2. The predicted molar refractivity (Wildman–Crippen MR) is 63.2 cm³/mol. The second kappa shape index (κ2) is 3.59. The van der Waals surface area contributed by atoms with Gasteiger partial charge in [0.15, 0.2) is 0 Å². The number of hydrogen-bond acceptors (Lipinski definition) is 2. The van der Waals surface area contributed by atoms with Crippen LogP contribution in [0.2, 0.25) is 0 Å². The van der Waals surface area contributed by atoms with Crippen LogP contribution < -0.4 is 5.32 Å². The standard InChI is InChI=1S/C14H14N2O/c15-8-10-4-1-2-5-11(10)12-9-16-13(17)14(12)6-3-7-14/h1-2,4-5,12H,3,6-7,9H2,(H,16,17). The Labute approximate surface area is 100 Å². The highest BCUT2D eigenvalue weighted by molar-refractivity contribution is 5.87. The molecule has 1 aliphatic carbocycles. The predicted octanol–water partition coefficient (Wildman–Crippen LogP) is 1.94. The Morgan fingerprint density at radius 3 is 2.76 bits per heavy atom. The molecule has 17 heavy (non-hydrogen) atoms. The van der Waals surface area contributed by atoms with E-state index < -0.39 is 0 Å². The average Bonchev–Trinajstić information content (AvgIpc) is 2.66. The van der Waals surface area contributed by atoms with Crippen molar-refractivity contribution >= 4 is 5.91 Å². The maximum Gasteiger partial charge on any atom is 0.226 e. The molecule has 1 aromatic rings. The molecule has 1 unspecified atom stereocenters. The number of nitrogens with zero attached hydrogens (tertiary/aromatic N) is 1. The van der Waals surface area contributed by atoms with E-state index in [2.05, 4.69) is 11.4 Å². The average molecular weight is 226 g/mol. The molecule has 0 aromatic heterocycles. The van der Waals surface area contributed by atoms with Crippen LogP contribution >= 0.6 is 0 Å². The Bertz CT molecular complexity index is 511. The van der Waals surface area contributed by atoms with Gasteiger partial charge in [-0.3, -0.25) is 4.79 Å². The lowest BCUT2D eigenvalue weighted by molar-refractivity contribution is -0.132. The zero-order chi connectivity index (χ0) is 11.9. The summed E-state index contributed by atoms with van der Waals surface area (Å²) in [5.74, 6) is 0.362. The van der Waals surface area contributed by atoms with Crippen LogP contribution in [0.25, 0.3) is 0 Å². The minimum atomic E-state index is -0.215. The Kier molecular flexibility index (Phi) is 2.19. The zero-order valence-corrected chi connectivity index (χ0v) is 9.57. The van der Waals surface area contributed by atoms with E-state index in [0.29, 0.717) is 12.1 Å². The highest BCUT2D eigenvalue weighted by Crippen LogP contribution is 2.54. The summed E-state index contributed by atoms with van der Waals surface area (Å²) in [5, 5.41) is 12.1. The molecule has 3 rings (SSSR count). The van der Waals surface area contributed by atoms with Crippen LogP contribution in [0.3, 0.4) is 0 Å². The molecule has 1 heterocycles. The fourth-order valence-electron chi connectivity index (χ4n) is 3.17. The molecular formula is C14H14N2O. The summed E-state index contributed by atoms with van der Waals surface area (Å²) in [6.07, 6.45) is 3.05. The molecule has 1 amide bonds. The van der Waals surface area contributed by atoms with E-state index >= 15 is 0 Å². The molecule has 1 saturated carbocycles. The second-order valence-corrected chi connectivity index (χ2v) is 4.97. The van der Waals surface area contributed by atoms with Crippen molar-refractivity contribution in [3.05, 3.63) is 35.4 Å². The van der Waals surface area contributed by atoms with Crippen molar-refractivity contribution in [3.8, 4) is 6.07 Å². The number of rotatable bonds is 1. The van der Waals surface area contributed by atoms with Crippen LogP contribution in [0.15, 0.2) is 24.3 Å². The molecule has 2 fully saturated rings. The van der Waals surface area contributed by atoms with Gasteiger partial charge in [-0.15, -0.1) is 0 Å². The lowest BCUT2D eigenvalue weighted by Gasteiger charge is -2.40. The van der Waals surface area contributed by atoms with Crippen molar-refractivity contribution in [1.29, 1.82) is 5.26 Å². The number of amides is 1. The molecule has 3 nitrogen and oxygen atoms in total. The quantitative estimate of drug-likeness (QED) is 0.795. The summed E-state index contributed by atoms with van der Waals surface area (Å²) < 4.78 is 0. The van der Waals surface area contributed by atoms with E-state index in [1.807, 2.05) is 24.3 Å². The van der Waals surface area contributed by atoms with E-state index in [-0.39, 0.29) is 17.2 Å². The summed E-state index contributed by atoms with van der Waals surface area (Å²) in [5.41, 5.74) is 1.53. The van der Waals surface area contributed by atoms with Gasteiger partial charge in [0, 0.05) is 12.5 Å². The minimum Gasteiger partial charge on any atom is -0.355 e. The molecule has 3 heteroatoms. The van der Waals surface area contributed by atoms with Gasteiger partial charge in [-0.1, -0.05) is 24.6 Å². The number of nitriles is 1. The smallest absolute Gasteiger partial charge is 0.226 e. The lowest BCUT2D eigenvalue weighted by Crippen LogP contribution is -2.40. The van der Waals surface area contributed by atoms with Gasteiger partial charge < -0.3 is 5.32 Å². The first kappa shape index (κ1) is 10.3. The van der Waals surface area contributed by atoms with E-state index in [4.69, 9.17) is 5.26 Å². The van der Waals surface area contributed by atoms with Crippen LogP contribution in [-0.2, 0) is 4.79 Å². The molecule has 1 aromatic carbocycles. The fourth-order valence-corrected chi connectivity index (χ4v) is 3.17. The van der Waals surface area contributed by atoms with Crippen LogP contribution in [0, 0.1) is 16.7 Å². The van der Waals surface area contributed by atoms with Crippen molar-refractivity contribution < 1.29 is 4.79 Å². The van der Waals surface area contributed by atoms with Gasteiger partial charge in [0.1, 0.15) is 0 Å². The highest BCUT2D eigenvalue weighted by Gasteiger charge is 2.54. The normalized spacial score (nSPS) is 25.1. The summed E-state index contributed by atoms with van der Waals surface area (Å²) in [7, 11) is 0. The fraction of sp³-hybridized carbons (Fsp3) is 0.429. The SMILES string of the molecule is N#Cc1ccccc1C1CNC(=O)C12CCC2. The second-order valence-electron chi connectivity index (χ2n) is 4.97. The van der Waals surface area contributed by atoms with Gasteiger partial charge in [0.25, 0.3) is 0 Å². The lowest BCUT2D eigenvalue weighted by atomic mass is 9.60. The topological polar surface area (TPSA) is 52.9 Å². The third-order valence-electron chi connectivity index (χ3n) is 4.29. The molecule has 1 atom stereocenters. The van der Waals surface area contributed by atoms with Gasteiger partial charge in [0.05, 0.1) is 17.0 Å². The van der Waals surface area contributed by atoms with Crippen molar-refractivity contribution in [2.24, 2.45) is 5.41 Å². The molecule has 86 valence electrons. The Balaban J connectivity index is 2.05. The van der Waals surface area contributed by atoms with Crippen LogP contribution in [-0.4, -0.2) is 12.5 Å². The first-order valence-corrected chi connectivity index (χ1v) is 6.05. The molecule has 2 aliphatic rings. The Hall–Kier alpha value is -1.82. The van der Waals surface area contributed by atoms with E-state index in [9.17, 15) is 4.79 Å². The molecule has 1 spiro atoms. The van der Waals surface area contributed by atoms with Gasteiger partial charge in [-0.2, -0.15) is 5.26 Å².